The molecule has 0 saturated heterocycles. The monoisotopic (exact) mass is 144 g/mol. The first-order chi connectivity index (χ1) is 4.61. The van der Waals surface area contributed by atoms with Crippen LogP contribution < -0.4 is 0 Å². The standard InChI is InChI=1S/C6H8O4/c7-3-1-4(8)6(10)5(9)2-3/h3,6-7,10H,1-2H2. The van der Waals surface area contributed by atoms with Gasteiger partial charge in [-0.25, -0.2) is 0 Å². The highest BCUT2D eigenvalue weighted by molar-refractivity contribution is 6.07. The van der Waals surface area contributed by atoms with E-state index >= 15 is 0 Å². The Morgan fingerprint density at radius 2 is 1.50 bits per heavy atom. The van der Waals surface area contributed by atoms with Crippen molar-refractivity contribution in [3.63, 3.8) is 0 Å². The zero-order valence-electron chi connectivity index (χ0n) is 5.28. The van der Waals surface area contributed by atoms with Crippen molar-refractivity contribution in [1.82, 2.24) is 0 Å². The molecule has 2 N–H and O–H groups in total. The minimum Gasteiger partial charge on any atom is -0.392 e. The highest BCUT2D eigenvalue weighted by atomic mass is 16.3. The molecule has 1 fully saturated rings. The molecule has 1 aliphatic rings. The second-order valence-corrected chi connectivity index (χ2v) is 2.40. The number of carbonyl (C=O) groups is 2. The molecule has 0 aromatic carbocycles. The van der Waals surface area contributed by atoms with Crippen molar-refractivity contribution in [1.29, 1.82) is 0 Å². The van der Waals surface area contributed by atoms with Crippen LogP contribution in [-0.4, -0.2) is 34.0 Å². The number of ketones is 2. The normalized spacial score (nSPS) is 34.6. The van der Waals surface area contributed by atoms with E-state index < -0.39 is 23.8 Å². The Bertz CT molecular complexity index is 157. The molecule has 4 heteroatoms. The summed E-state index contributed by atoms with van der Waals surface area (Å²) in [4.78, 5) is 21.2. The van der Waals surface area contributed by atoms with Crippen molar-refractivity contribution >= 4 is 11.6 Å². The number of rotatable bonds is 0. The fraction of sp³-hybridized carbons (Fsp3) is 0.667. The van der Waals surface area contributed by atoms with Gasteiger partial charge < -0.3 is 10.2 Å². The third kappa shape index (κ3) is 1.22. The molecule has 0 spiro atoms. The Labute approximate surface area is 57.5 Å². The topological polar surface area (TPSA) is 74.6 Å². The summed E-state index contributed by atoms with van der Waals surface area (Å²) < 4.78 is 0. The summed E-state index contributed by atoms with van der Waals surface area (Å²) in [5.74, 6) is -1.16. The van der Waals surface area contributed by atoms with Gasteiger partial charge in [0, 0.05) is 12.8 Å². The number of Topliss-reactive ketones (excluding diaryl/α,β-unsaturated/α-hetero) is 2. The van der Waals surface area contributed by atoms with Crippen molar-refractivity contribution in [2.75, 3.05) is 0 Å². The third-order valence-electron chi connectivity index (χ3n) is 1.48. The highest BCUT2D eigenvalue weighted by Crippen LogP contribution is 2.11. The maximum atomic E-state index is 10.6. The van der Waals surface area contributed by atoms with Crippen LogP contribution in [0.4, 0.5) is 0 Å². The summed E-state index contributed by atoms with van der Waals surface area (Å²) in [6.45, 7) is 0. The molecular weight excluding hydrogens is 136 g/mol. The third-order valence-corrected chi connectivity index (χ3v) is 1.48. The summed E-state index contributed by atoms with van der Waals surface area (Å²) in [6.07, 6.45) is -2.58. The maximum Gasteiger partial charge on any atom is 0.171 e. The van der Waals surface area contributed by atoms with E-state index in [9.17, 15) is 9.59 Å². The number of carbonyl (C=O) groups excluding carboxylic acids is 2. The Hall–Kier alpha value is -0.740. The van der Waals surface area contributed by atoms with Gasteiger partial charge in [0.05, 0.1) is 6.10 Å². The van der Waals surface area contributed by atoms with Crippen LogP contribution in [0.3, 0.4) is 0 Å². The lowest BCUT2D eigenvalue weighted by Crippen LogP contribution is -2.39. The highest BCUT2D eigenvalue weighted by Gasteiger charge is 2.32. The van der Waals surface area contributed by atoms with Crippen molar-refractivity contribution in [2.45, 2.75) is 25.0 Å². The summed E-state index contributed by atoms with van der Waals surface area (Å²) in [7, 11) is 0. The van der Waals surface area contributed by atoms with Gasteiger partial charge in [0.15, 0.2) is 17.7 Å². The predicted molar refractivity (Wildman–Crippen MR) is 31.3 cm³/mol. The van der Waals surface area contributed by atoms with E-state index in [1.54, 1.807) is 0 Å². The molecule has 0 radical (unpaired) electrons. The van der Waals surface area contributed by atoms with Crippen molar-refractivity contribution < 1.29 is 19.8 Å². The molecule has 1 saturated carbocycles. The molecule has 0 aromatic rings. The van der Waals surface area contributed by atoms with Crippen LogP contribution in [0.25, 0.3) is 0 Å². The molecule has 56 valence electrons. The van der Waals surface area contributed by atoms with E-state index in [1.807, 2.05) is 0 Å². The molecule has 0 atom stereocenters. The van der Waals surface area contributed by atoms with E-state index in [2.05, 4.69) is 0 Å². The molecule has 0 aromatic heterocycles. The van der Waals surface area contributed by atoms with Crippen LogP contribution in [-0.2, 0) is 9.59 Å². The SMILES string of the molecule is O=C1CC(O)CC(=O)C1O. The Morgan fingerprint density at radius 3 is 1.90 bits per heavy atom. The number of aliphatic hydroxyl groups excluding tert-OH is 2. The first-order valence-corrected chi connectivity index (χ1v) is 3.03. The number of aliphatic hydroxyl groups is 2. The van der Waals surface area contributed by atoms with Crippen LogP contribution in [0.2, 0.25) is 0 Å². The van der Waals surface area contributed by atoms with E-state index in [-0.39, 0.29) is 12.8 Å². The summed E-state index contributed by atoms with van der Waals surface area (Å²) in [5, 5.41) is 17.6. The Morgan fingerprint density at radius 1 is 1.10 bits per heavy atom. The molecule has 0 heterocycles. The van der Waals surface area contributed by atoms with Crippen LogP contribution in [0.15, 0.2) is 0 Å². The number of hydrogen-bond donors (Lipinski definition) is 2. The average molecular weight is 144 g/mol. The van der Waals surface area contributed by atoms with Crippen LogP contribution in [0, 0.1) is 0 Å². The molecule has 0 amide bonds. The van der Waals surface area contributed by atoms with E-state index in [1.165, 1.54) is 0 Å². The first-order valence-electron chi connectivity index (χ1n) is 3.03. The maximum absolute atomic E-state index is 10.6. The molecule has 10 heavy (non-hydrogen) atoms. The lowest BCUT2D eigenvalue weighted by Gasteiger charge is -2.18. The molecule has 1 aliphatic carbocycles. The molecule has 0 bridgehead atoms. The van der Waals surface area contributed by atoms with E-state index in [4.69, 9.17) is 10.2 Å². The smallest absolute Gasteiger partial charge is 0.171 e. The first kappa shape index (κ1) is 7.37. The second kappa shape index (κ2) is 2.48. The van der Waals surface area contributed by atoms with Crippen molar-refractivity contribution in [3.05, 3.63) is 0 Å². The molecular formula is C6H8O4. The van der Waals surface area contributed by atoms with Crippen LogP contribution in [0.1, 0.15) is 12.8 Å². The largest absolute Gasteiger partial charge is 0.392 e. The second-order valence-electron chi connectivity index (χ2n) is 2.40. The quantitative estimate of drug-likeness (QED) is 0.412. The summed E-state index contributed by atoms with van der Waals surface area (Å²) in [6, 6.07) is 0. The fourth-order valence-corrected chi connectivity index (χ4v) is 0.939. The van der Waals surface area contributed by atoms with Gasteiger partial charge in [-0.05, 0) is 0 Å². The molecule has 0 unspecified atom stereocenters. The summed E-state index contributed by atoms with van der Waals surface area (Å²) >= 11 is 0. The minimum absolute atomic E-state index is 0.104. The van der Waals surface area contributed by atoms with Gasteiger partial charge in [0.2, 0.25) is 0 Å². The van der Waals surface area contributed by atoms with Gasteiger partial charge in [0.25, 0.3) is 0 Å². The van der Waals surface area contributed by atoms with E-state index in [0.717, 1.165) is 0 Å². The van der Waals surface area contributed by atoms with Gasteiger partial charge in [0.1, 0.15) is 0 Å². The van der Waals surface area contributed by atoms with Crippen molar-refractivity contribution in [2.24, 2.45) is 0 Å². The van der Waals surface area contributed by atoms with Gasteiger partial charge in [-0.2, -0.15) is 0 Å². The van der Waals surface area contributed by atoms with Crippen LogP contribution in [0.5, 0.6) is 0 Å². The molecule has 4 nitrogen and oxygen atoms in total. The van der Waals surface area contributed by atoms with Gasteiger partial charge in [-0.15, -0.1) is 0 Å². The Balaban J connectivity index is 2.66. The van der Waals surface area contributed by atoms with Gasteiger partial charge >= 0.3 is 0 Å². The average Bonchev–Trinajstić information content (AvgIpc) is 1.82. The number of hydrogen-bond acceptors (Lipinski definition) is 4. The predicted octanol–water partition coefficient (Wildman–Crippen LogP) is -1.36. The molecule has 0 aliphatic heterocycles. The Kier molecular flexibility index (Phi) is 1.82. The van der Waals surface area contributed by atoms with Gasteiger partial charge in [-0.1, -0.05) is 0 Å². The van der Waals surface area contributed by atoms with E-state index in [0.29, 0.717) is 0 Å². The summed E-state index contributed by atoms with van der Waals surface area (Å²) in [5.41, 5.74) is 0. The zero-order chi connectivity index (χ0) is 7.72. The van der Waals surface area contributed by atoms with Gasteiger partial charge in [-0.3, -0.25) is 9.59 Å². The lowest BCUT2D eigenvalue weighted by atomic mass is 9.93. The lowest BCUT2D eigenvalue weighted by molar-refractivity contribution is -0.145. The fourth-order valence-electron chi connectivity index (χ4n) is 0.939. The molecule has 1 rings (SSSR count). The minimum atomic E-state index is -1.48. The zero-order valence-corrected chi connectivity index (χ0v) is 5.28. The van der Waals surface area contributed by atoms with Crippen molar-refractivity contribution in [3.8, 4) is 0 Å². The van der Waals surface area contributed by atoms with Crippen LogP contribution >= 0.6 is 0 Å².